The maximum absolute atomic E-state index is 12.5. The summed E-state index contributed by atoms with van der Waals surface area (Å²) in [5.41, 5.74) is 1.73. The highest BCUT2D eigenvalue weighted by Crippen LogP contribution is 2.26. The Kier molecular flexibility index (Phi) is 8.31. The minimum Gasteiger partial charge on any atom is -0.370 e. The Morgan fingerprint density at radius 3 is 2.65 bits per heavy atom. The zero-order chi connectivity index (χ0) is 24.7. The molecule has 0 fully saturated rings. The van der Waals surface area contributed by atoms with E-state index in [1.54, 1.807) is 7.05 Å². The molecule has 3 rings (SSSR count). The van der Waals surface area contributed by atoms with Crippen LogP contribution in [0.1, 0.15) is 16.7 Å². The van der Waals surface area contributed by atoms with Crippen molar-refractivity contribution in [3.8, 4) is 0 Å². The smallest absolute Gasteiger partial charge is 0.292 e. The minimum absolute atomic E-state index is 0.0672. The normalized spacial score (nSPS) is 13.3. The van der Waals surface area contributed by atoms with E-state index in [1.807, 2.05) is 24.3 Å². The fourth-order valence-corrected chi connectivity index (χ4v) is 4.66. The Hall–Kier alpha value is -3.35. The number of amides is 1. The Morgan fingerprint density at radius 2 is 2.00 bits per heavy atom. The second kappa shape index (κ2) is 11.2. The summed E-state index contributed by atoms with van der Waals surface area (Å²) < 4.78 is 32.5. The van der Waals surface area contributed by atoms with Gasteiger partial charge in [-0.15, -0.1) is 0 Å². The Bertz CT molecular complexity index is 1180. The number of hydrogen-bond donors (Lipinski definition) is 2. The van der Waals surface area contributed by atoms with Gasteiger partial charge in [-0.2, -0.15) is 0 Å². The summed E-state index contributed by atoms with van der Waals surface area (Å²) in [5.74, 6) is 0.611. The molecule has 1 amide bonds. The molecule has 1 aliphatic rings. The van der Waals surface area contributed by atoms with Crippen LogP contribution in [0.25, 0.3) is 0 Å². The molecule has 34 heavy (non-hydrogen) atoms. The molecule has 2 aromatic rings. The maximum atomic E-state index is 12.5. The van der Waals surface area contributed by atoms with Gasteiger partial charge in [0.25, 0.3) is 5.69 Å². The fraction of sp³-hybridized carbons (Fsp3) is 0.364. The van der Waals surface area contributed by atoms with Crippen molar-refractivity contribution in [1.82, 2.24) is 14.9 Å². The Morgan fingerprint density at radius 1 is 1.26 bits per heavy atom. The van der Waals surface area contributed by atoms with E-state index in [2.05, 4.69) is 15.0 Å². The van der Waals surface area contributed by atoms with Crippen molar-refractivity contribution in [3.05, 3.63) is 69.3 Å². The van der Waals surface area contributed by atoms with E-state index in [0.29, 0.717) is 6.54 Å². The number of nitrogens with zero attached hydrogens (tertiary/aromatic N) is 3. The zero-order valence-electron chi connectivity index (χ0n) is 19.0. The van der Waals surface area contributed by atoms with Gasteiger partial charge in [0.15, 0.2) is 4.90 Å². The van der Waals surface area contributed by atoms with Crippen molar-refractivity contribution in [2.45, 2.75) is 18.4 Å². The number of carbonyl (C=O) groups is 1. The number of rotatable bonds is 11. The summed E-state index contributed by atoms with van der Waals surface area (Å²) in [4.78, 5) is 28.3. The summed E-state index contributed by atoms with van der Waals surface area (Å²) in [5, 5.41) is 14.5. The van der Waals surface area contributed by atoms with Gasteiger partial charge in [0, 0.05) is 37.8 Å². The molecule has 1 heterocycles. The third-order valence-electron chi connectivity index (χ3n) is 5.18. The molecule has 2 aromatic carbocycles. The van der Waals surface area contributed by atoms with Gasteiger partial charge >= 0.3 is 0 Å². The topological polar surface area (TPSA) is 143 Å². The van der Waals surface area contributed by atoms with Crippen molar-refractivity contribution in [3.63, 3.8) is 0 Å². The molecule has 0 atom stereocenters. The average Bonchev–Trinajstić information content (AvgIpc) is 3.33. The SMILES string of the molecule is Cc1cccc(S(=O)(=O)NCCOCC(=O)N(C)Cc2ccc(C3=NCCN3)cc2)c1[N+](=O)[O-]. The predicted molar refractivity (Wildman–Crippen MR) is 126 cm³/mol. The standard InChI is InChI=1S/C22H27N5O6S/c1-16-4-3-5-19(21(16)27(29)30)34(31,32)25-12-13-33-15-20(28)26(2)14-17-6-8-18(9-7-17)22-23-10-11-24-22/h3-9,25H,10-15H2,1-2H3,(H,23,24). The van der Waals surface area contributed by atoms with E-state index in [1.165, 1.54) is 30.0 Å². The Labute approximate surface area is 198 Å². The van der Waals surface area contributed by atoms with Crippen molar-refractivity contribution in [2.75, 3.05) is 39.9 Å². The lowest BCUT2D eigenvalue weighted by Gasteiger charge is -2.17. The number of nitro groups is 1. The van der Waals surface area contributed by atoms with Crippen molar-refractivity contribution < 1.29 is 22.9 Å². The number of aryl methyl sites for hydroxylation is 1. The van der Waals surface area contributed by atoms with Crippen LogP contribution in [0, 0.1) is 17.0 Å². The van der Waals surface area contributed by atoms with Crippen LogP contribution in [0.3, 0.4) is 0 Å². The van der Waals surface area contributed by atoms with E-state index in [-0.39, 0.29) is 31.2 Å². The quantitative estimate of drug-likeness (QED) is 0.274. The van der Waals surface area contributed by atoms with Gasteiger partial charge in [-0.1, -0.05) is 36.4 Å². The molecule has 0 bridgehead atoms. The fourth-order valence-electron chi connectivity index (χ4n) is 3.40. The average molecular weight is 490 g/mol. The van der Waals surface area contributed by atoms with Crippen LogP contribution in [-0.2, 0) is 26.1 Å². The second-order valence-corrected chi connectivity index (χ2v) is 9.47. The van der Waals surface area contributed by atoms with Crippen LogP contribution < -0.4 is 10.0 Å². The van der Waals surface area contributed by atoms with Gasteiger partial charge in [-0.3, -0.25) is 19.9 Å². The van der Waals surface area contributed by atoms with Crippen LogP contribution in [0.5, 0.6) is 0 Å². The highest BCUT2D eigenvalue weighted by Gasteiger charge is 2.27. The Balaban J connectivity index is 1.43. The lowest BCUT2D eigenvalue weighted by atomic mass is 10.1. The van der Waals surface area contributed by atoms with Crippen LogP contribution in [0.2, 0.25) is 0 Å². The lowest BCUT2D eigenvalue weighted by Crippen LogP contribution is -2.32. The molecule has 0 saturated carbocycles. The van der Waals surface area contributed by atoms with Gasteiger partial charge < -0.3 is 15.0 Å². The van der Waals surface area contributed by atoms with Gasteiger partial charge in [0.1, 0.15) is 12.4 Å². The number of benzene rings is 2. The number of nitro benzene ring substituents is 1. The highest BCUT2D eigenvalue weighted by molar-refractivity contribution is 7.89. The van der Waals surface area contributed by atoms with Gasteiger partial charge in [0.2, 0.25) is 15.9 Å². The molecule has 0 radical (unpaired) electrons. The number of aliphatic imine (C=N–C) groups is 1. The number of carbonyl (C=O) groups excluding carboxylic acids is 1. The van der Waals surface area contributed by atoms with E-state index >= 15 is 0 Å². The number of sulfonamides is 1. The molecule has 0 unspecified atom stereocenters. The third-order valence-corrected chi connectivity index (χ3v) is 6.68. The minimum atomic E-state index is -4.11. The number of ether oxygens (including phenoxy) is 1. The summed E-state index contributed by atoms with van der Waals surface area (Å²) >= 11 is 0. The van der Waals surface area contributed by atoms with Crippen LogP contribution >= 0.6 is 0 Å². The predicted octanol–water partition coefficient (Wildman–Crippen LogP) is 1.21. The second-order valence-electron chi connectivity index (χ2n) is 7.73. The number of hydrogen-bond acceptors (Lipinski definition) is 8. The van der Waals surface area contributed by atoms with E-state index in [9.17, 15) is 23.3 Å². The molecule has 12 heteroatoms. The maximum Gasteiger partial charge on any atom is 0.292 e. The van der Waals surface area contributed by atoms with Crippen LogP contribution in [0.15, 0.2) is 52.4 Å². The summed E-state index contributed by atoms with van der Waals surface area (Å²) in [6.45, 7) is 3.04. The lowest BCUT2D eigenvalue weighted by molar-refractivity contribution is -0.388. The molecule has 0 aromatic heterocycles. The first-order valence-electron chi connectivity index (χ1n) is 10.6. The van der Waals surface area contributed by atoms with E-state index < -0.39 is 25.5 Å². The summed E-state index contributed by atoms with van der Waals surface area (Å²) in [7, 11) is -2.45. The first-order chi connectivity index (χ1) is 16.2. The number of amidine groups is 1. The number of likely N-dealkylation sites (N-methyl/N-ethyl adjacent to an activating group) is 1. The van der Waals surface area contributed by atoms with Crippen molar-refractivity contribution in [2.24, 2.45) is 4.99 Å². The zero-order valence-corrected chi connectivity index (χ0v) is 19.8. The van der Waals surface area contributed by atoms with Gasteiger partial charge in [-0.05, 0) is 18.6 Å². The van der Waals surface area contributed by atoms with Crippen LogP contribution in [0.4, 0.5) is 5.69 Å². The molecule has 1 aliphatic heterocycles. The first-order valence-corrected chi connectivity index (χ1v) is 12.1. The monoisotopic (exact) mass is 489 g/mol. The summed E-state index contributed by atoms with van der Waals surface area (Å²) in [6.07, 6.45) is 0. The van der Waals surface area contributed by atoms with Gasteiger partial charge in [0.05, 0.1) is 18.1 Å². The van der Waals surface area contributed by atoms with Crippen molar-refractivity contribution >= 4 is 27.5 Å². The van der Waals surface area contributed by atoms with E-state index in [4.69, 9.17) is 4.74 Å². The highest BCUT2D eigenvalue weighted by atomic mass is 32.2. The number of para-hydroxylation sites is 1. The molecule has 0 spiro atoms. The third kappa shape index (κ3) is 6.37. The summed E-state index contributed by atoms with van der Waals surface area (Å²) in [6, 6.07) is 11.9. The molecule has 11 nitrogen and oxygen atoms in total. The molecule has 182 valence electrons. The molecule has 2 N–H and O–H groups in total. The molecule has 0 saturated heterocycles. The first kappa shape index (κ1) is 25.3. The molecule has 0 aliphatic carbocycles. The van der Waals surface area contributed by atoms with E-state index in [0.717, 1.165) is 30.1 Å². The van der Waals surface area contributed by atoms with Crippen molar-refractivity contribution in [1.29, 1.82) is 0 Å². The number of nitrogens with one attached hydrogen (secondary N) is 2. The van der Waals surface area contributed by atoms with Gasteiger partial charge in [-0.25, -0.2) is 13.1 Å². The molecular formula is C22H27N5O6S. The molecular weight excluding hydrogens is 462 g/mol. The largest absolute Gasteiger partial charge is 0.370 e. The van der Waals surface area contributed by atoms with Crippen LogP contribution in [-0.4, -0.2) is 69.9 Å².